The van der Waals surface area contributed by atoms with Crippen LogP contribution in [0.15, 0.2) is 146 Å². The lowest BCUT2D eigenvalue weighted by atomic mass is 9.94. The smallest absolute Gasteiger partial charge is 0.343 e. The van der Waals surface area contributed by atoms with Gasteiger partial charge in [-0.3, -0.25) is 0 Å². The molecule has 90 heavy (non-hydrogen) atoms. The maximum atomic E-state index is 14.0. The summed E-state index contributed by atoms with van der Waals surface area (Å²) in [6.07, 6.45) is 3.34. The van der Waals surface area contributed by atoms with Crippen molar-refractivity contribution in [1.82, 2.24) is 0 Å². The first kappa shape index (κ1) is 60.7. The van der Waals surface area contributed by atoms with Crippen molar-refractivity contribution in [2.75, 3.05) is 71.1 Å². The van der Waals surface area contributed by atoms with Gasteiger partial charge in [0.05, 0.1) is 82.2 Å². The summed E-state index contributed by atoms with van der Waals surface area (Å²) in [5.74, 6) is 18.0. The van der Waals surface area contributed by atoms with E-state index in [9.17, 15) is 9.59 Å². The van der Waals surface area contributed by atoms with Crippen LogP contribution in [0.25, 0.3) is 0 Å². The van der Waals surface area contributed by atoms with Crippen LogP contribution in [0.3, 0.4) is 0 Å². The van der Waals surface area contributed by atoms with E-state index in [0.717, 1.165) is 77.9 Å². The Morgan fingerprint density at radius 1 is 0.244 bits per heavy atom. The zero-order valence-electron chi connectivity index (χ0n) is 51.8. The molecule has 0 atom stereocenters. The molecule has 0 fully saturated rings. The minimum Gasteiger partial charge on any atom is -0.493 e. The maximum absolute atomic E-state index is 14.0. The first-order chi connectivity index (χ1) is 43.8. The van der Waals surface area contributed by atoms with Crippen LogP contribution in [-0.2, 0) is 38.5 Å². The molecule has 0 saturated carbocycles. The van der Waals surface area contributed by atoms with E-state index in [2.05, 4.69) is 23.7 Å². The molecule has 11 rings (SSSR count). The Bertz CT molecular complexity index is 4080. The molecular formula is C76H66O14. The highest BCUT2D eigenvalue weighted by molar-refractivity contribution is 5.92. The van der Waals surface area contributed by atoms with E-state index in [-0.39, 0.29) is 11.5 Å². The van der Waals surface area contributed by atoms with Crippen LogP contribution in [0.2, 0.25) is 0 Å². The van der Waals surface area contributed by atoms with Crippen LogP contribution in [0.4, 0.5) is 0 Å². The van der Waals surface area contributed by atoms with Gasteiger partial charge >= 0.3 is 11.9 Å². The fraction of sp³-hybridized carbons (Fsp3) is 0.211. The number of rotatable bonds is 14. The van der Waals surface area contributed by atoms with E-state index in [1.165, 1.54) is 0 Å². The Hall–Kier alpha value is -11.0. The van der Waals surface area contributed by atoms with Gasteiger partial charge in [0, 0.05) is 22.3 Å². The molecule has 2 aliphatic carbocycles. The predicted octanol–water partition coefficient (Wildman–Crippen LogP) is 13.2. The third kappa shape index (κ3) is 13.0. The number of hydrogen-bond donors (Lipinski definition) is 0. The molecule has 0 radical (unpaired) electrons. The number of ether oxygens (including phenoxy) is 12. The quantitative estimate of drug-likeness (QED) is 0.0578. The molecule has 14 nitrogen and oxygen atoms in total. The molecule has 0 heterocycles. The van der Waals surface area contributed by atoms with Crippen molar-refractivity contribution in [1.29, 1.82) is 0 Å². The summed E-state index contributed by atoms with van der Waals surface area (Å²) in [4.78, 5) is 28.0. The van der Waals surface area contributed by atoms with Gasteiger partial charge in [0.15, 0.2) is 69.0 Å². The van der Waals surface area contributed by atoms with Crippen molar-refractivity contribution in [3.8, 4) is 92.7 Å². The Kier molecular flexibility index (Phi) is 18.2. The molecule has 9 aromatic rings. The number of methoxy groups -OCH3 is 10. The second-order valence-corrected chi connectivity index (χ2v) is 21.5. The molecule has 0 saturated heterocycles. The minimum atomic E-state index is -0.567. The van der Waals surface area contributed by atoms with Gasteiger partial charge in [-0.1, -0.05) is 35.8 Å². The first-order valence-corrected chi connectivity index (χ1v) is 29.0. The molecule has 0 aromatic heterocycles. The molecule has 0 bridgehead atoms. The van der Waals surface area contributed by atoms with Crippen LogP contribution in [0.5, 0.6) is 69.0 Å². The summed E-state index contributed by atoms with van der Waals surface area (Å²) >= 11 is 0. The Labute approximate surface area is 524 Å². The summed E-state index contributed by atoms with van der Waals surface area (Å²) in [6, 6.07) is 45.3. The Morgan fingerprint density at radius 3 is 0.644 bits per heavy atom. The minimum absolute atomic E-state index is 0.280. The van der Waals surface area contributed by atoms with E-state index in [4.69, 9.17) is 56.8 Å². The van der Waals surface area contributed by atoms with Crippen molar-refractivity contribution in [2.24, 2.45) is 0 Å². The van der Waals surface area contributed by atoms with E-state index in [1.54, 1.807) is 107 Å². The average molecular weight is 1200 g/mol. The van der Waals surface area contributed by atoms with E-state index in [0.29, 0.717) is 118 Å². The second kappa shape index (κ2) is 27.0. The summed E-state index contributed by atoms with van der Waals surface area (Å²) in [5.41, 5.74) is 15.6. The van der Waals surface area contributed by atoms with Crippen LogP contribution >= 0.6 is 0 Å². The summed E-state index contributed by atoms with van der Waals surface area (Å²) < 4.78 is 70.0. The highest BCUT2D eigenvalue weighted by Crippen LogP contribution is 2.44. The second-order valence-electron chi connectivity index (χ2n) is 21.5. The normalized spacial score (nSPS) is 11.8. The monoisotopic (exact) mass is 1200 g/mol. The summed E-state index contributed by atoms with van der Waals surface area (Å²) in [6.45, 7) is 0. The van der Waals surface area contributed by atoms with Crippen molar-refractivity contribution >= 4 is 11.9 Å². The first-order valence-electron chi connectivity index (χ1n) is 29.0. The van der Waals surface area contributed by atoms with Gasteiger partial charge in [-0.15, -0.1) is 0 Å². The SMILES string of the molecule is COc1cc2c(cc1OC)Cc1cc(OC)c(OC(=O)c3cccc(C#Cc4ccc(C#Cc5cccc(C(=O)Oc6cc7c(cc6OC)Cc6cc(OC)c(OC)cc6Cc6cc(OC)c(OC)cc6C7)c5)cc4)c3)cc1Cc1cc(OC)c(OC)cc1C2. The number of hydrogen-bond acceptors (Lipinski definition) is 14. The Morgan fingerprint density at radius 2 is 0.433 bits per heavy atom. The molecule has 0 aliphatic heterocycles. The van der Waals surface area contributed by atoms with Crippen LogP contribution in [-0.4, -0.2) is 83.0 Å². The van der Waals surface area contributed by atoms with Gasteiger partial charge in [0.2, 0.25) is 0 Å². The fourth-order valence-electron chi connectivity index (χ4n) is 11.5. The largest absolute Gasteiger partial charge is 0.493 e. The number of carbonyl (C=O) groups excluding carboxylic acids is 2. The van der Waals surface area contributed by atoms with Crippen molar-refractivity contribution in [2.45, 2.75) is 38.5 Å². The van der Waals surface area contributed by atoms with Gasteiger partial charge in [-0.25, -0.2) is 9.59 Å². The van der Waals surface area contributed by atoms with E-state index >= 15 is 0 Å². The zero-order valence-corrected chi connectivity index (χ0v) is 51.8. The lowest BCUT2D eigenvalue weighted by Gasteiger charge is -2.17. The average Bonchev–Trinajstić information content (AvgIpc) is 1.64. The van der Waals surface area contributed by atoms with Gasteiger partial charge < -0.3 is 56.8 Å². The lowest BCUT2D eigenvalue weighted by Crippen LogP contribution is -2.11. The summed E-state index contributed by atoms with van der Waals surface area (Å²) in [7, 11) is 16.1. The standard InChI is InChI=1S/C76H66O14/c1-79-63-33-51-27-53-35-65(81-3)69(85-7)39-57(53)31-61-43-73(71(87-9)41-59(61)29-55(51)37-67(63)83-5)89-75(77)49-15-11-13-47(25-49)23-21-45-17-19-46(20-18-45)22-24-48-14-12-16-50(26-48)76(78)90-74-44-62-32-58-40-70(86-8)66(82-4)36-54(58)28-52-34-64(80-2)68(84-6)38-56(52)30-60(62)42-72(74)88-10/h11-20,25-26,33-44H,27-32H2,1-10H3. The number of benzene rings is 9. The topological polar surface area (TPSA) is 145 Å². The van der Waals surface area contributed by atoms with Crippen LogP contribution in [0.1, 0.15) is 110 Å². The molecule has 0 unspecified atom stereocenters. The van der Waals surface area contributed by atoms with Gasteiger partial charge in [-0.2, -0.15) is 0 Å². The summed E-state index contributed by atoms with van der Waals surface area (Å²) in [5, 5.41) is 0. The van der Waals surface area contributed by atoms with Gasteiger partial charge in [0.1, 0.15) is 0 Å². The molecule has 454 valence electrons. The zero-order chi connectivity index (χ0) is 63.0. The molecule has 0 N–H and O–H groups in total. The molecular weight excluding hydrogens is 1140 g/mol. The lowest BCUT2D eigenvalue weighted by molar-refractivity contribution is 0.0720. The molecule has 0 spiro atoms. The molecule has 0 amide bonds. The predicted molar refractivity (Wildman–Crippen MR) is 342 cm³/mol. The van der Waals surface area contributed by atoms with Crippen molar-refractivity contribution in [3.63, 3.8) is 0 Å². The van der Waals surface area contributed by atoms with Crippen molar-refractivity contribution in [3.05, 3.63) is 246 Å². The van der Waals surface area contributed by atoms with E-state index in [1.807, 2.05) is 109 Å². The van der Waals surface area contributed by atoms with Crippen LogP contribution in [0, 0.1) is 23.7 Å². The molecule has 2 aliphatic rings. The highest BCUT2D eigenvalue weighted by Gasteiger charge is 2.26. The number of carbonyl (C=O) groups is 2. The third-order valence-corrected chi connectivity index (χ3v) is 16.3. The van der Waals surface area contributed by atoms with E-state index < -0.39 is 11.9 Å². The fourth-order valence-corrected chi connectivity index (χ4v) is 11.5. The third-order valence-electron chi connectivity index (χ3n) is 16.3. The molecule has 14 heteroatoms. The van der Waals surface area contributed by atoms with Crippen LogP contribution < -0.4 is 56.8 Å². The Balaban J connectivity index is 0.787. The highest BCUT2D eigenvalue weighted by atomic mass is 16.6. The molecule has 9 aromatic carbocycles. The van der Waals surface area contributed by atoms with Gasteiger partial charge in [0.25, 0.3) is 0 Å². The van der Waals surface area contributed by atoms with Gasteiger partial charge in [-0.05, 0) is 239 Å². The van der Waals surface area contributed by atoms with Crippen molar-refractivity contribution < 1.29 is 66.4 Å². The number of fused-ring (bicyclic) bond motifs is 6. The number of esters is 2. The maximum Gasteiger partial charge on any atom is 0.343 e.